The van der Waals surface area contributed by atoms with Crippen molar-refractivity contribution in [3.63, 3.8) is 0 Å². The summed E-state index contributed by atoms with van der Waals surface area (Å²) in [6, 6.07) is 37.3. The van der Waals surface area contributed by atoms with Gasteiger partial charge >= 0.3 is 264 Å². The van der Waals surface area contributed by atoms with E-state index in [4.69, 9.17) is 32.5 Å². The van der Waals surface area contributed by atoms with Crippen molar-refractivity contribution in [2.45, 2.75) is 35.7 Å². The Morgan fingerprint density at radius 2 is 1.34 bits per heavy atom. The second kappa shape index (κ2) is 14.7. The summed E-state index contributed by atoms with van der Waals surface area (Å²) in [5.41, 5.74) is 0.868. The molecule has 4 aromatic rings. The van der Waals surface area contributed by atoms with Crippen molar-refractivity contribution in [1.82, 2.24) is 0 Å². The van der Waals surface area contributed by atoms with E-state index in [1.165, 1.54) is 0 Å². The van der Waals surface area contributed by atoms with Crippen LogP contribution in [0.1, 0.15) is 11.9 Å². The number of rotatable bonds is 12. The van der Waals surface area contributed by atoms with Crippen LogP contribution >= 0.6 is 7.82 Å². The van der Waals surface area contributed by atoms with Gasteiger partial charge in [0, 0.05) is 0 Å². The molecule has 0 bridgehead atoms. The molecule has 0 radical (unpaired) electrons. The summed E-state index contributed by atoms with van der Waals surface area (Å²) in [4.78, 5) is 0. The number of phosphoric ester groups is 1. The predicted molar refractivity (Wildman–Crippen MR) is 167 cm³/mol. The first-order valence-corrected chi connectivity index (χ1v) is 17.6. The number of hydrogen-bond acceptors (Lipinski definition) is 8. The number of para-hydroxylation sites is 2. The van der Waals surface area contributed by atoms with Crippen LogP contribution < -0.4 is 13.5 Å². The van der Waals surface area contributed by atoms with Crippen molar-refractivity contribution in [2.24, 2.45) is 0 Å². The van der Waals surface area contributed by atoms with Crippen molar-refractivity contribution < 1.29 is 37.1 Å². The minimum absolute atomic E-state index is 0.211. The molecular formula is C34H33O8PSe. The quantitative estimate of drug-likeness (QED) is 0.101. The molecule has 6 rings (SSSR count). The molecule has 0 aromatic heterocycles. The van der Waals surface area contributed by atoms with Crippen molar-refractivity contribution in [3.05, 3.63) is 140 Å². The maximum absolute atomic E-state index is 14.6. The van der Waals surface area contributed by atoms with Gasteiger partial charge in [-0.05, 0) is 0 Å². The van der Waals surface area contributed by atoms with Gasteiger partial charge in [-0.2, -0.15) is 0 Å². The summed E-state index contributed by atoms with van der Waals surface area (Å²) in [5.74, 6) is 0.669. The van der Waals surface area contributed by atoms with Crippen molar-refractivity contribution in [3.8, 4) is 11.5 Å². The summed E-state index contributed by atoms with van der Waals surface area (Å²) in [6.45, 7) is 4.34. The van der Waals surface area contributed by atoms with Gasteiger partial charge in [-0.15, -0.1) is 0 Å². The number of phosphoric acid groups is 1. The zero-order chi connectivity index (χ0) is 30.2. The van der Waals surface area contributed by atoms with Crippen LogP contribution in [0, 0.1) is 0 Å². The Hall–Kier alpha value is -3.23. The van der Waals surface area contributed by atoms with Gasteiger partial charge in [-0.1, -0.05) is 0 Å². The van der Waals surface area contributed by atoms with E-state index in [1.807, 2.05) is 72.8 Å². The summed E-state index contributed by atoms with van der Waals surface area (Å²) >= 11 is -0.284. The second-order valence-electron chi connectivity index (χ2n) is 10.1. The first kappa shape index (κ1) is 30.8. The van der Waals surface area contributed by atoms with Crippen LogP contribution in [0.2, 0.25) is 0 Å². The molecule has 44 heavy (non-hydrogen) atoms. The number of fused-ring (bicyclic) bond motifs is 1. The first-order valence-electron chi connectivity index (χ1n) is 14.3. The van der Waals surface area contributed by atoms with E-state index in [0.717, 1.165) is 10.0 Å². The van der Waals surface area contributed by atoms with Gasteiger partial charge in [0.15, 0.2) is 0 Å². The van der Waals surface area contributed by atoms with Crippen LogP contribution in [-0.2, 0) is 28.0 Å². The third-order valence-electron chi connectivity index (χ3n) is 6.93. The van der Waals surface area contributed by atoms with Gasteiger partial charge in [0.25, 0.3) is 0 Å². The van der Waals surface area contributed by atoms with Crippen LogP contribution in [0.25, 0.3) is 0 Å². The van der Waals surface area contributed by atoms with Gasteiger partial charge in [0.1, 0.15) is 0 Å². The van der Waals surface area contributed by atoms with Crippen LogP contribution in [0.4, 0.5) is 0 Å². The summed E-state index contributed by atoms with van der Waals surface area (Å²) < 4.78 is 59.9. The molecule has 2 aliphatic heterocycles. The maximum atomic E-state index is 14.6. The Kier molecular flexibility index (Phi) is 10.3. The molecule has 8 nitrogen and oxygen atoms in total. The molecular weight excluding hydrogens is 646 g/mol. The third-order valence-corrected chi connectivity index (χ3v) is 10.7. The predicted octanol–water partition coefficient (Wildman–Crippen LogP) is 6.08. The van der Waals surface area contributed by atoms with E-state index < -0.39 is 43.5 Å². The van der Waals surface area contributed by atoms with E-state index in [1.54, 1.807) is 54.6 Å². The van der Waals surface area contributed by atoms with Crippen LogP contribution in [0.5, 0.6) is 11.5 Å². The fourth-order valence-corrected chi connectivity index (χ4v) is 8.92. The first-order chi connectivity index (χ1) is 21.6. The number of ether oxygens (including phenoxy) is 4. The molecule has 0 spiro atoms. The fraction of sp³-hybridized carbons (Fsp3) is 0.235. The van der Waals surface area contributed by atoms with Crippen LogP contribution in [0.15, 0.2) is 134 Å². The molecule has 0 N–H and O–H groups in total. The van der Waals surface area contributed by atoms with E-state index in [9.17, 15) is 4.57 Å². The van der Waals surface area contributed by atoms with Crippen molar-refractivity contribution in [2.75, 3.05) is 13.2 Å². The van der Waals surface area contributed by atoms with E-state index in [0.29, 0.717) is 11.5 Å². The van der Waals surface area contributed by atoms with Crippen molar-refractivity contribution in [1.29, 1.82) is 0 Å². The monoisotopic (exact) mass is 680 g/mol. The second-order valence-corrected chi connectivity index (χ2v) is 14.0. The van der Waals surface area contributed by atoms with E-state index in [-0.39, 0.29) is 28.2 Å². The van der Waals surface area contributed by atoms with Crippen LogP contribution in [-0.4, -0.2) is 57.6 Å². The average molecular weight is 680 g/mol. The molecule has 2 heterocycles. The van der Waals surface area contributed by atoms with E-state index in [2.05, 4.69) is 6.58 Å². The molecule has 0 saturated carbocycles. The Balaban J connectivity index is 1.36. The Labute approximate surface area is 263 Å². The molecule has 6 atom stereocenters. The standard InChI is InChI=1S/C34H33O8PSe/c1-2-23-36-31-30-29(24-37-33(39-30)25-15-7-3-8-16-25)38-34(44-28-21-13-6-14-22-28)32(31)42-43(35,40-26-17-9-4-10-18-26)41-27-19-11-5-12-20-27/h2-22,29-34H,1,23-24H2/t29-,30-,31+,32-,33?,34+/m1/s1. The molecule has 4 aromatic carbocycles. The van der Waals surface area contributed by atoms with Gasteiger partial charge < -0.3 is 0 Å². The number of hydrogen-bond donors (Lipinski definition) is 0. The normalized spacial score (nSPS) is 25.0. The zero-order valence-corrected chi connectivity index (χ0v) is 26.4. The SMILES string of the molecule is C=CCO[C@@H]1[C@@H](OP(=O)(Oc2ccccc2)Oc2ccccc2)[C@H]([Se]c2ccccc2)O[C@@H]2COC(c3ccccc3)O[C@@H]12. The number of benzene rings is 4. The Bertz CT molecular complexity index is 1470. The van der Waals surface area contributed by atoms with Crippen molar-refractivity contribution >= 4 is 27.2 Å². The van der Waals surface area contributed by atoms with Gasteiger partial charge in [0.2, 0.25) is 0 Å². The molecule has 0 aliphatic carbocycles. The molecule has 10 heteroatoms. The summed E-state index contributed by atoms with van der Waals surface area (Å²) in [6.07, 6.45) is -1.66. The van der Waals surface area contributed by atoms with Crippen LogP contribution in [0.3, 0.4) is 0 Å². The topological polar surface area (TPSA) is 81.7 Å². The van der Waals surface area contributed by atoms with Gasteiger partial charge in [-0.3, -0.25) is 0 Å². The molecule has 2 saturated heterocycles. The van der Waals surface area contributed by atoms with Gasteiger partial charge in [-0.25, -0.2) is 0 Å². The fourth-order valence-electron chi connectivity index (χ4n) is 4.97. The summed E-state index contributed by atoms with van der Waals surface area (Å²) in [5, 5.41) is -0.548. The molecule has 2 aliphatic rings. The summed E-state index contributed by atoms with van der Waals surface area (Å²) in [7, 11) is -4.33. The Morgan fingerprint density at radius 3 is 1.93 bits per heavy atom. The minimum atomic E-state index is -4.33. The zero-order valence-electron chi connectivity index (χ0n) is 23.8. The van der Waals surface area contributed by atoms with Gasteiger partial charge in [0.05, 0.1) is 0 Å². The molecule has 0 amide bonds. The Morgan fingerprint density at radius 1 is 0.773 bits per heavy atom. The molecule has 2 fully saturated rings. The third kappa shape index (κ3) is 7.70. The average Bonchev–Trinajstić information content (AvgIpc) is 3.06. The van der Waals surface area contributed by atoms with E-state index >= 15 is 0 Å². The molecule has 228 valence electrons. The molecule has 1 unspecified atom stereocenters.